The predicted octanol–water partition coefficient (Wildman–Crippen LogP) is 4.77. The van der Waals surface area contributed by atoms with Crippen molar-refractivity contribution in [3.05, 3.63) is 60.6 Å². The normalized spacial score (nSPS) is 10.4. The molecule has 0 spiro atoms. The van der Waals surface area contributed by atoms with Crippen LogP contribution in [0.1, 0.15) is 0 Å². The van der Waals surface area contributed by atoms with Crippen LogP contribution in [0.5, 0.6) is 0 Å². The number of nitro benzene ring substituents is 2. The van der Waals surface area contributed by atoms with E-state index < -0.39 is 9.85 Å². The predicted molar refractivity (Wildman–Crippen MR) is 82.5 cm³/mol. The van der Waals surface area contributed by atoms with Crippen LogP contribution in [-0.4, -0.2) is 9.85 Å². The highest BCUT2D eigenvalue weighted by Gasteiger charge is 2.24. The van der Waals surface area contributed by atoms with Crippen LogP contribution < -0.4 is 0 Å². The molecule has 6 nitrogen and oxygen atoms in total. The molecule has 0 aliphatic rings. The van der Waals surface area contributed by atoms with Crippen LogP contribution >= 0.6 is 35.8 Å². The first kappa shape index (κ1) is 15.6. The second kappa shape index (κ2) is 5.88. The number of halogens is 2. The van der Waals surface area contributed by atoms with Gasteiger partial charge in [-0.1, -0.05) is 23.2 Å². The Labute approximate surface area is 134 Å². The smallest absolute Gasteiger partial charge is 0.258 e. The molecule has 0 amide bonds. The number of hydrogen-bond acceptors (Lipinski definition) is 5. The third-order valence-electron chi connectivity index (χ3n) is 2.73. The Kier molecular flexibility index (Phi) is 4.36. The molecule has 2 aromatic carbocycles. The van der Waals surface area contributed by atoms with Gasteiger partial charge in [0.1, 0.15) is 5.02 Å². The maximum Gasteiger partial charge on any atom is 0.297 e. The Hall–Kier alpha value is -1.83. The van der Waals surface area contributed by atoms with E-state index in [9.17, 15) is 20.2 Å². The molecule has 2 rings (SSSR count). The van der Waals surface area contributed by atoms with Gasteiger partial charge in [0.2, 0.25) is 0 Å². The summed E-state index contributed by atoms with van der Waals surface area (Å²) in [5.74, 6) is 0. The molecule has 2 aromatic rings. The van der Waals surface area contributed by atoms with E-state index in [-0.39, 0.29) is 31.9 Å². The summed E-state index contributed by atoms with van der Waals surface area (Å²) in [6, 6.07) is 6.70. The Balaban J connectivity index is 2.68. The van der Waals surface area contributed by atoms with E-state index in [0.717, 1.165) is 0 Å². The van der Waals surface area contributed by atoms with Gasteiger partial charge in [-0.25, -0.2) is 0 Å². The van der Waals surface area contributed by atoms with Crippen LogP contribution in [0, 0.1) is 20.2 Å². The van der Waals surface area contributed by atoms with Gasteiger partial charge in [-0.05, 0) is 23.8 Å². The topological polar surface area (TPSA) is 86.3 Å². The molecule has 9 heteroatoms. The summed E-state index contributed by atoms with van der Waals surface area (Å²) in [7, 11) is 0. The monoisotopic (exact) mass is 344 g/mol. The Morgan fingerprint density at radius 3 is 2.00 bits per heavy atom. The van der Waals surface area contributed by atoms with Gasteiger partial charge < -0.3 is 0 Å². The average Bonchev–Trinajstić information content (AvgIpc) is 2.44. The van der Waals surface area contributed by atoms with Crippen LogP contribution in [0.4, 0.5) is 11.4 Å². The highest BCUT2D eigenvalue weighted by Crippen LogP contribution is 2.43. The molecular weight excluding hydrogens is 339 g/mol. The van der Waals surface area contributed by atoms with Crippen LogP contribution in [-0.2, 0) is 0 Å². The molecule has 0 bridgehead atoms. The van der Waals surface area contributed by atoms with Gasteiger partial charge in [0, 0.05) is 17.0 Å². The molecule has 0 saturated carbocycles. The lowest BCUT2D eigenvalue weighted by atomic mass is 10.0. The van der Waals surface area contributed by atoms with Crippen LogP contribution in [0.15, 0.2) is 35.2 Å². The Morgan fingerprint density at radius 2 is 1.52 bits per heavy atom. The number of benzene rings is 2. The summed E-state index contributed by atoms with van der Waals surface area (Å²) in [6.07, 6.45) is 0. The van der Waals surface area contributed by atoms with Crippen molar-refractivity contribution >= 4 is 47.2 Å². The van der Waals surface area contributed by atoms with Crippen molar-refractivity contribution in [1.29, 1.82) is 0 Å². The van der Waals surface area contributed by atoms with E-state index in [1.807, 2.05) is 0 Å². The van der Waals surface area contributed by atoms with Crippen molar-refractivity contribution in [2.75, 3.05) is 0 Å². The van der Waals surface area contributed by atoms with Gasteiger partial charge in [-0.15, -0.1) is 12.6 Å². The summed E-state index contributed by atoms with van der Waals surface area (Å²) in [5.41, 5.74) is 0.108. The minimum atomic E-state index is -0.655. The van der Waals surface area contributed by atoms with Gasteiger partial charge in [-0.2, -0.15) is 0 Å². The highest BCUT2D eigenvalue weighted by molar-refractivity contribution is 7.80. The summed E-state index contributed by atoms with van der Waals surface area (Å²) < 4.78 is 0. The Morgan fingerprint density at radius 1 is 0.952 bits per heavy atom. The molecule has 0 fully saturated rings. The fourth-order valence-corrected chi connectivity index (χ4v) is 2.49. The Bertz CT molecular complexity index is 750. The first-order valence-corrected chi connectivity index (χ1v) is 6.63. The quantitative estimate of drug-likeness (QED) is 0.493. The first-order chi connectivity index (χ1) is 9.82. The van der Waals surface area contributed by atoms with Gasteiger partial charge in [-0.3, -0.25) is 20.2 Å². The number of rotatable bonds is 3. The summed E-state index contributed by atoms with van der Waals surface area (Å²) in [4.78, 5) is 20.9. The summed E-state index contributed by atoms with van der Waals surface area (Å²) in [5, 5.41) is 21.6. The van der Waals surface area contributed by atoms with Crippen LogP contribution in [0.25, 0.3) is 11.1 Å². The van der Waals surface area contributed by atoms with Crippen molar-refractivity contribution in [3.8, 4) is 11.1 Å². The second-order valence-electron chi connectivity index (χ2n) is 3.98. The van der Waals surface area contributed by atoms with Gasteiger partial charge in [0.05, 0.1) is 20.4 Å². The zero-order valence-electron chi connectivity index (χ0n) is 10.1. The fraction of sp³-hybridized carbons (Fsp3) is 0. The lowest BCUT2D eigenvalue weighted by Crippen LogP contribution is -1.95. The number of non-ortho nitro benzene ring substituents is 1. The zero-order chi connectivity index (χ0) is 15.7. The third kappa shape index (κ3) is 2.94. The molecule has 0 radical (unpaired) electrons. The van der Waals surface area contributed by atoms with Crippen molar-refractivity contribution in [2.24, 2.45) is 0 Å². The molecular formula is C12H6Cl2N2O4S. The fourth-order valence-electron chi connectivity index (χ4n) is 1.76. The third-order valence-corrected chi connectivity index (χ3v) is 4.08. The average molecular weight is 345 g/mol. The maximum absolute atomic E-state index is 11.2. The lowest BCUT2D eigenvalue weighted by Gasteiger charge is -2.08. The number of hydrogen-bond donors (Lipinski definition) is 1. The van der Waals surface area contributed by atoms with E-state index in [1.54, 1.807) is 0 Å². The van der Waals surface area contributed by atoms with Gasteiger partial charge in [0.25, 0.3) is 11.4 Å². The minimum Gasteiger partial charge on any atom is -0.258 e. The van der Waals surface area contributed by atoms with E-state index in [0.29, 0.717) is 5.56 Å². The van der Waals surface area contributed by atoms with E-state index in [2.05, 4.69) is 12.6 Å². The summed E-state index contributed by atoms with van der Waals surface area (Å²) in [6.45, 7) is 0. The molecule has 0 aliphatic heterocycles. The molecule has 0 N–H and O–H groups in total. The van der Waals surface area contributed by atoms with E-state index in [4.69, 9.17) is 23.2 Å². The van der Waals surface area contributed by atoms with Crippen molar-refractivity contribution in [3.63, 3.8) is 0 Å². The van der Waals surface area contributed by atoms with Crippen molar-refractivity contribution < 1.29 is 9.85 Å². The first-order valence-electron chi connectivity index (χ1n) is 5.43. The van der Waals surface area contributed by atoms with Gasteiger partial charge >= 0.3 is 0 Å². The number of thiol groups is 1. The van der Waals surface area contributed by atoms with Gasteiger partial charge in [0.15, 0.2) is 0 Å². The number of nitro groups is 2. The van der Waals surface area contributed by atoms with Crippen LogP contribution in [0.3, 0.4) is 0 Å². The molecule has 108 valence electrons. The molecule has 0 saturated heterocycles. The maximum atomic E-state index is 11.2. The molecule has 0 aromatic heterocycles. The highest BCUT2D eigenvalue weighted by atomic mass is 35.5. The molecule has 0 aliphatic carbocycles. The van der Waals surface area contributed by atoms with Crippen molar-refractivity contribution in [1.82, 2.24) is 0 Å². The largest absolute Gasteiger partial charge is 0.297 e. The second-order valence-corrected chi connectivity index (χ2v) is 5.22. The SMILES string of the molecule is O=[N+]([O-])c1ccc(-c2cc(S)c(Cl)c(Cl)c2[N+](=O)[O-])cc1. The van der Waals surface area contributed by atoms with Crippen LogP contribution in [0.2, 0.25) is 10.0 Å². The lowest BCUT2D eigenvalue weighted by molar-refractivity contribution is -0.385. The standard InChI is InChI=1S/C12H6Cl2N2O4S/c13-10-9(21)5-8(12(11(10)14)16(19)20)6-1-3-7(4-2-6)15(17)18/h1-5,21H. The number of nitrogens with zero attached hydrogens (tertiary/aromatic N) is 2. The molecule has 0 heterocycles. The molecule has 21 heavy (non-hydrogen) atoms. The molecule has 0 unspecified atom stereocenters. The summed E-state index contributed by atoms with van der Waals surface area (Å²) >= 11 is 15.9. The van der Waals surface area contributed by atoms with E-state index >= 15 is 0 Å². The zero-order valence-corrected chi connectivity index (χ0v) is 12.5. The molecule has 0 atom stereocenters. The van der Waals surface area contributed by atoms with E-state index in [1.165, 1.54) is 30.3 Å². The van der Waals surface area contributed by atoms with Crippen molar-refractivity contribution in [2.45, 2.75) is 4.90 Å². The minimum absolute atomic E-state index is 0.0163.